The number of aromatic carboxylic acids is 1. The van der Waals surface area contributed by atoms with Crippen LogP contribution in [0.2, 0.25) is 5.02 Å². The number of hydrogen-bond acceptors (Lipinski definition) is 2. The molecule has 1 aromatic carbocycles. The van der Waals surface area contributed by atoms with E-state index in [4.69, 9.17) is 16.7 Å². The maximum Gasteiger partial charge on any atom is 0.335 e. The number of nitrogens with zero attached hydrogens (tertiary/aromatic N) is 1. The summed E-state index contributed by atoms with van der Waals surface area (Å²) in [6.07, 6.45) is 0.890. The fraction of sp³-hybridized carbons (Fsp3) is 0.231. The lowest BCUT2D eigenvalue weighted by atomic mass is 10.1. The Bertz CT molecular complexity index is 667. The topological polar surface area (TPSA) is 50.2 Å². The SMILES string of the molecule is O=C(O)c1ccc2c(Cl)cc(C3(F)CC3)nc2c1. The Kier molecular flexibility index (Phi) is 2.32. The Morgan fingerprint density at radius 2 is 2.11 bits per heavy atom. The fourth-order valence-corrected chi connectivity index (χ4v) is 2.18. The zero-order chi connectivity index (χ0) is 12.9. The summed E-state index contributed by atoms with van der Waals surface area (Å²) in [5.41, 5.74) is -0.548. The molecule has 0 atom stereocenters. The van der Waals surface area contributed by atoms with Gasteiger partial charge in [0, 0.05) is 5.39 Å². The predicted molar refractivity (Wildman–Crippen MR) is 65.7 cm³/mol. The number of carboxylic acids is 1. The lowest BCUT2D eigenvalue weighted by Gasteiger charge is -2.08. The summed E-state index contributed by atoms with van der Waals surface area (Å²) < 4.78 is 14.0. The van der Waals surface area contributed by atoms with Crippen LogP contribution in [-0.4, -0.2) is 16.1 Å². The molecule has 1 aromatic heterocycles. The highest BCUT2D eigenvalue weighted by molar-refractivity contribution is 6.35. The third kappa shape index (κ3) is 1.73. The van der Waals surface area contributed by atoms with Gasteiger partial charge in [-0.2, -0.15) is 0 Å². The number of alkyl halides is 1. The van der Waals surface area contributed by atoms with Gasteiger partial charge in [-0.25, -0.2) is 14.2 Å². The van der Waals surface area contributed by atoms with Crippen LogP contribution in [0.5, 0.6) is 0 Å². The Hall–Kier alpha value is -1.68. The van der Waals surface area contributed by atoms with Gasteiger partial charge in [0.15, 0.2) is 5.67 Å². The Labute approximate surface area is 107 Å². The normalized spacial score (nSPS) is 16.8. The number of aromatic nitrogens is 1. The number of benzene rings is 1. The third-order valence-corrected chi connectivity index (χ3v) is 3.47. The van der Waals surface area contributed by atoms with E-state index < -0.39 is 11.6 Å². The van der Waals surface area contributed by atoms with E-state index in [0.717, 1.165) is 0 Å². The van der Waals surface area contributed by atoms with Gasteiger partial charge in [-0.05, 0) is 31.0 Å². The van der Waals surface area contributed by atoms with Crippen molar-refractivity contribution in [2.45, 2.75) is 18.5 Å². The number of carboxylic acid groups (broad SMARTS) is 1. The standard InChI is InChI=1S/C13H9ClFNO2/c14-9-6-11(13(15)3-4-13)16-10-5-7(12(17)18)1-2-8(9)10/h1-2,5-6H,3-4H2,(H,17,18). The molecule has 0 saturated heterocycles. The monoisotopic (exact) mass is 265 g/mol. The van der Waals surface area contributed by atoms with Gasteiger partial charge >= 0.3 is 5.97 Å². The van der Waals surface area contributed by atoms with Crippen LogP contribution in [0.25, 0.3) is 10.9 Å². The summed E-state index contributed by atoms with van der Waals surface area (Å²) in [5, 5.41) is 9.95. The third-order valence-electron chi connectivity index (χ3n) is 3.15. The van der Waals surface area contributed by atoms with Gasteiger partial charge in [0.2, 0.25) is 0 Å². The highest BCUT2D eigenvalue weighted by Gasteiger charge is 2.46. The van der Waals surface area contributed by atoms with Crippen molar-refractivity contribution in [2.75, 3.05) is 0 Å². The van der Waals surface area contributed by atoms with E-state index in [1.165, 1.54) is 18.2 Å². The van der Waals surface area contributed by atoms with Crippen molar-refractivity contribution in [1.82, 2.24) is 4.98 Å². The summed E-state index contributed by atoms with van der Waals surface area (Å²) in [5.74, 6) is -1.04. The molecule has 1 N–H and O–H groups in total. The number of rotatable bonds is 2. The minimum Gasteiger partial charge on any atom is -0.478 e. The van der Waals surface area contributed by atoms with Crippen LogP contribution in [0, 0.1) is 0 Å². The Morgan fingerprint density at radius 1 is 1.39 bits per heavy atom. The first kappa shape index (κ1) is 11.4. The maximum atomic E-state index is 14.0. The van der Waals surface area contributed by atoms with Gasteiger partial charge in [-0.1, -0.05) is 17.7 Å². The summed E-state index contributed by atoms with van der Waals surface area (Å²) in [7, 11) is 0. The quantitative estimate of drug-likeness (QED) is 0.903. The average Bonchev–Trinajstić information content (AvgIpc) is 3.08. The molecular formula is C13H9ClFNO2. The number of halogens is 2. The molecule has 5 heteroatoms. The van der Waals surface area contributed by atoms with Crippen LogP contribution in [-0.2, 0) is 5.67 Å². The Morgan fingerprint density at radius 3 is 2.72 bits per heavy atom. The van der Waals surface area contributed by atoms with E-state index in [9.17, 15) is 9.18 Å². The number of carbonyl (C=O) groups is 1. The lowest BCUT2D eigenvalue weighted by molar-refractivity contribution is 0.0697. The van der Waals surface area contributed by atoms with Crippen LogP contribution in [0.3, 0.4) is 0 Å². The minimum atomic E-state index is -1.38. The lowest BCUT2D eigenvalue weighted by Crippen LogP contribution is -2.03. The first-order valence-corrected chi connectivity index (χ1v) is 5.90. The van der Waals surface area contributed by atoms with Gasteiger partial charge in [-0.3, -0.25) is 0 Å². The van der Waals surface area contributed by atoms with Gasteiger partial charge < -0.3 is 5.11 Å². The smallest absolute Gasteiger partial charge is 0.335 e. The van der Waals surface area contributed by atoms with E-state index in [-0.39, 0.29) is 5.56 Å². The van der Waals surface area contributed by atoms with Crippen molar-refractivity contribution < 1.29 is 14.3 Å². The van der Waals surface area contributed by atoms with E-state index in [1.807, 2.05) is 0 Å². The molecule has 0 aliphatic heterocycles. The zero-order valence-electron chi connectivity index (χ0n) is 9.28. The molecular weight excluding hydrogens is 257 g/mol. The number of fused-ring (bicyclic) bond motifs is 1. The van der Waals surface area contributed by atoms with Gasteiger partial charge in [0.1, 0.15) is 0 Å². The highest BCUT2D eigenvalue weighted by atomic mass is 35.5. The summed E-state index contributed by atoms with van der Waals surface area (Å²) in [6, 6.07) is 5.99. The van der Waals surface area contributed by atoms with Crippen molar-refractivity contribution in [2.24, 2.45) is 0 Å². The molecule has 92 valence electrons. The summed E-state index contributed by atoms with van der Waals surface area (Å²) in [6.45, 7) is 0. The van der Waals surface area contributed by atoms with Crippen LogP contribution in [0.15, 0.2) is 24.3 Å². The molecule has 1 fully saturated rings. The van der Waals surface area contributed by atoms with E-state index in [1.54, 1.807) is 6.07 Å². The van der Waals surface area contributed by atoms with Gasteiger partial charge in [-0.15, -0.1) is 0 Å². The van der Waals surface area contributed by atoms with Crippen LogP contribution < -0.4 is 0 Å². The van der Waals surface area contributed by atoms with Crippen molar-refractivity contribution in [1.29, 1.82) is 0 Å². The van der Waals surface area contributed by atoms with Gasteiger partial charge in [0.25, 0.3) is 0 Å². The summed E-state index contributed by atoms with van der Waals surface area (Å²) >= 11 is 6.07. The zero-order valence-corrected chi connectivity index (χ0v) is 10.0. The molecule has 0 bridgehead atoms. The molecule has 1 heterocycles. The first-order chi connectivity index (χ1) is 8.49. The molecule has 3 rings (SSSR count). The number of pyridine rings is 1. The van der Waals surface area contributed by atoms with E-state index >= 15 is 0 Å². The minimum absolute atomic E-state index is 0.118. The molecule has 18 heavy (non-hydrogen) atoms. The van der Waals surface area contributed by atoms with Crippen molar-refractivity contribution in [3.05, 3.63) is 40.5 Å². The predicted octanol–water partition coefficient (Wildman–Crippen LogP) is 3.55. The second-order valence-corrected chi connectivity index (χ2v) is 4.90. The second-order valence-electron chi connectivity index (χ2n) is 4.49. The molecule has 0 amide bonds. The molecule has 1 saturated carbocycles. The summed E-state index contributed by atoms with van der Waals surface area (Å²) in [4.78, 5) is 15.1. The van der Waals surface area contributed by atoms with Crippen molar-refractivity contribution in [3.63, 3.8) is 0 Å². The van der Waals surface area contributed by atoms with Crippen molar-refractivity contribution in [3.8, 4) is 0 Å². The fourth-order valence-electron chi connectivity index (χ4n) is 1.91. The molecule has 0 spiro atoms. The average molecular weight is 266 g/mol. The first-order valence-electron chi connectivity index (χ1n) is 5.53. The molecule has 3 nitrogen and oxygen atoms in total. The van der Waals surface area contributed by atoms with E-state index in [2.05, 4.69) is 4.98 Å². The van der Waals surface area contributed by atoms with Crippen LogP contribution >= 0.6 is 11.6 Å². The maximum absolute atomic E-state index is 14.0. The highest BCUT2D eigenvalue weighted by Crippen LogP contribution is 2.49. The molecule has 0 radical (unpaired) electrons. The van der Waals surface area contributed by atoms with Gasteiger partial charge in [0.05, 0.1) is 21.8 Å². The molecule has 0 unspecified atom stereocenters. The molecule has 1 aliphatic rings. The molecule has 1 aliphatic carbocycles. The van der Waals surface area contributed by atoms with Crippen molar-refractivity contribution >= 4 is 28.5 Å². The van der Waals surface area contributed by atoms with Crippen LogP contribution in [0.4, 0.5) is 4.39 Å². The molecule has 2 aromatic rings. The van der Waals surface area contributed by atoms with E-state index in [0.29, 0.717) is 34.5 Å². The van der Waals surface area contributed by atoms with Crippen LogP contribution in [0.1, 0.15) is 28.9 Å². The second kappa shape index (κ2) is 3.65. The Balaban J connectivity index is 2.23. The largest absolute Gasteiger partial charge is 0.478 e. The number of hydrogen-bond donors (Lipinski definition) is 1.